The largest absolute Gasteiger partial charge is 0.495 e. The normalized spacial score (nSPS) is 11.3. The van der Waals surface area contributed by atoms with Gasteiger partial charge < -0.3 is 10.1 Å². The molecule has 0 atom stereocenters. The molecule has 1 aromatic carbocycles. The Morgan fingerprint density at radius 2 is 2.00 bits per heavy atom. The first kappa shape index (κ1) is 17.0. The van der Waals surface area contributed by atoms with Crippen molar-refractivity contribution in [2.24, 2.45) is 0 Å². The summed E-state index contributed by atoms with van der Waals surface area (Å²) in [6, 6.07) is 6.86. The number of nitrogens with zero attached hydrogens (tertiary/aromatic N) is 1. The van der Waals surface area contributed by atoms with Crippen LogP contribution in [0, 0.1) is 13.8 Å². The fraction of sp³-hybridized carbons (Fsp3) is 0.286. The summed E-state index contributed by atoms with van der Waals surface area (Å²) in [4.78, 5) is 12.0. The SMILES string of the molecule is COc1ccccc1NC(=O)CNS(=O)(=O)c1c(C)n[nH]c1C. The van der Waals surface area contributed by atoms with Gasteiger partial charge in [0.25, 0.3) is 0 Å². The second kappa shape index (κ2) is 6.80. The van der Waals surface area contributed by atoms with E-state index >= 15 is 0 Å². The Kier molecular flexibility index (Phi) is 5.02. The van der Waals surface area contributed by atoms with Gasteiger partial charge in [-0.15, -0.1) is 0 Å². The maximum atomic E-state index is 12.2. The minimum absolute atomic E-state index is 0.0580. The zero-order valence-electron chi connectivity index (χ0n) is 13.0. The number of nitrogens with one attached hydrogen (secondary N) is 3. The van der Waals surface area contributed by atoms with Gasteiger partial charge >= 0.3 is 0 Å². The van der Waals surface area contributed by atoms with Crippen LogP contribution in [0.25, 0.3) is 0 Å². The van der Waals surface area contributed by atoms with Crippen molar-refractivity contribution in [2.75, 3.05) is 19.0 Å². The highest BCUT2D eigenvalue weighted by atomic mass is 32.2. The molecule has 2 aromatic rings. The number of aromatic amines is 1. The summed E-state index contributed by atoms with van der Waals surface area (Å²) in [6.45, 7) is 2.78. The van der Waals surface area contributed by atoms with Gasteiger partial charge in [0.1, 0.15) is 10.6 Å². The van der Waals surface area contributed by atoms with Gasteiger partial charge in [-0.1, -0.05) is 12.1 Å². The molecule has 9 heteroatoms. The summed E-state index contributed by atoms with van der Waals surface area (Å²) < 4.78 is 31.9. The van der Waals surface area contributed by atoms with Gasteiger partial charge in [0, 0.05) is 0 Å². The lowest BCUT2D eigenvalue weighted by Gasteiger charge is -2.10. The number of amides is 1. The number of hydrogen-bond donors (Lipinski definition) is 3. The monoisotopic (exact) mass is 338 g/mol. The first-order valence-corrected chi connectivity index (χ1v) is 8.27. The molecule has 0 spiro atoms. The minimum atomic E-state index is -3.82. The summed E-state index contributed by atoms with van der Waals surface area (Å²) in [5.74, 6) is -0.0119. The summed E-state index contributed by atoms with van der Waals surface area (Å²) in [5, 5.41) is 9.03. The Morgan fingerprint density at radius 1 is 1.30 bits per heavy atom. The molecule has 0 aliphatic heterocycles. The van der Waals surface area contributed by atoms with Gasteiger partial charge in [-0.3, -0.25) is 9.89 Å². The van der Waals surface area contributed by atoms with Crippen molar-refractivity contribution < 1.29 is 17.9 Å². The summed E-state index contributed by atoms with van der Waals surface area (Å²) >= 11 is 0. The summed E-state index contributed by atoms with van der Waals surface area (Å²) in [5.41, 5.74) is 1.23. The molecule has 0 unspecified atom stereocenters. The van der Waals surface area contributed by atoms with E-state index in [0.717, 1.165) is 0 Å². The molecular weight excluding hydrogens is 320 g/mol. The standard InChI is InChI=1S/C14H18N4O4S/c1-9-14(10(2)18-17-9)23(20,21)15-8-13(19)16-11-6-4-5-7-12(11)22-3/h4-7,15H,8H2,1-3H3,(H,16,19)(H,17,18). The third-order valence-corrected chi connectivity index (χ3v) is 4.80. The number of methoxy groups -OCH3 is 1. The average molecular weight is 338 g/mol. The van der Waals surface area contributed by atoms with Crippen molar-refractivity contribution in [3.8, 4) is 5.75 Å². The number of anilines is 1. The molecule has 3 N–H and O–H groups in total. The van der Waals surface area contributed by atoms with Crippen LogP contribution in [0.15, 0.2) is 29.2 Å². The Bertz CT molecular complexity index is 794. The zero-order valence-corrected chi connectivity index (χ0v) is 13.8. The Hall–Kier alpha value is -2.39. The van der Waals surface area contributed by atoms with Crippen LogP contribution in [-0.4, -0.2) is 38.2 Å². The molecule has 124 valence electrons. The van der Waals surface area contributed by atoms with Gasteiger partial charge in [0.05, 0.1) is 30.7 Å². The lowest BCUT2D eigenvalue weighted by Crippen LogP contribution is -2.33. The van der Waals surface area contributed by atoms with Gasteiger partial charge in [-0.05, 0) is 26.0 Å². The molecule has 0 aliphatic carbocycles. The van der Waals surface area contributed by atoms with E-state index in [4.69, 9.17) is 4.74 Å². The zero-order chi connectivity index (χ0) is 17.0. The second-order valence-electron chi connectivity index (χ2n) is 4.84. The molecular formula is C14H18N4O4S. The van der Waals surface area contributed by atoms with Crippen LogP contribution >= 0.6 is 0 Å². The van der Waals surface area contributed by atoms with E-state index in [1.165, 1.54) is 7.11 Å². The number of para-hydroxylation sites is 2. The topological polar surface area (TPSA) is 113 Å². The average Bonchev–Trinajstić information content (AvgIpc) is 2.85. The molecule has 1 heterocycles. The molecule has 0 saturated carbocycles. The highest BCUT2D eigenvalue weighted by Gasteiger charge is 2.22. The van der Waals surface area contributed by atoms with Crippen molar-refractivity contribution in [3.63, 3.8) is 0 Å². The number of aryl methyl sites for hydroxylation is 2. The highest BCUT2D eigenvalue weighted by molar-refractivity contribution is 7.89. The number of aromatic nitrogens is 2. The van der Waals surface area contributed by atoms with Crippen LogP contribution in [0.4, 0.5) is 5.69 Å². The van der Waals surface area contributed by atoms with Crippen LogP contribution in [0.2, 0.25) is 0 Å². The maximum Gasteiger partial charge on any atom is 0.244 e. The van der Waals surface area contributed by atoms with Crippen LogP contribution < -0.4 is 14.8 Å². The van der Waals surface area contributed by atoms with Gasteiger partial charge in [-0.2, -0.15) is 5.10 Å². The Labute approximate surface area is 134 Å². The van der Waals surface area contributed by atoms with E-state index in [0.29, 0.717) is 22.8 Å². The number of rotatable bonds is 6. The van der Waals surface area contributed by atoms with E-state index < -0.39 is 22.5 Å². The number of sulfonamides is 1. The fourth-order valence-corrected chi connectivity index (χ4v) is 3.46. The van der Waals surface area contributed by atoms with E-state index in [1.807, 2.05) is 0 Å². The quantitative estimate of drug-likeness (QED) is 0.726. The molecule has 1 aromatic heterocycles. The van der Waals surface area contributed by atoms with Crippen molar-refractivity contribution in [1.82, 2.24) is 14.9 Å². The van der Waals surface area contributed by atoms with Gasteiger partial charge in [0.2, 0.25) is 15.9 Å². The number of carbonyl (C=O) groups excluding carboxylic acids is 1. The predicted octanol–water partition coefficient (Wildman–Crippen LogP) is 0.952. The summed E-state index contributed by atoms with van der Waals surface area (Å²) in [7, 11) is -2.33. The van der Waals surface area contributed by atoms with E-state index in [1.54, 1.807) is 38.1 Å². The Morgan fingerprint density at radius 3 is 2.61 bits per heavy atom. The molecule has 0 bridgehead atoms. The lowest BCUT2D eigenvalue weighted by molar-refractivity contribution is -0.115. The first-order chi connectivity index (χ1) is 10.8. The molecule has 1 amide bonds. The van der Waals surface area contributed by atoms with Crippen molar-refractivity contribution in [3.05, 3.63) is 35.7 Å². The minimum Gasteiger partial charge on any atom is -0.495 e. The molecule has 0 radical (unpaired) electrons. The smallest absolute Gasteiger partial charge is 0.244 e. The first-order valence-electron chi connectivity index (χ1n) is 6.79. The molecule has 0 fully saturated rings. The van der Waals surface area contributed by atoms with Gasteiger partial charge in [-0.25, -0.2) is 13.1 Å². The van der Waals surface area contributed by atoms with Crippen molar-refractivity contribution >= 4 is 21.6 Å². The highest BCUT2D eigenvalue weighted by Crippen LogP contribution is 2.22. The molecule has 8 nitrogen and oxygen atoms in total. The number of ether oxygens (including phenoxy) is 1. The second-order valence-corrected chi connectivity index (χ2v) is 6.54. The summed E-state index contributed by atoms with van der Waals surface area (Å²) in [6.07, 6.45) is 0. The molecule has 0 aliphatic rings. The predicted molar refractivity (Wildman–Crippen MR) is 84.9 cm³/mol. The number of benzene rings is 1. The van der Waals surface area contributed by atoms with Gasteiger partial charge in [0.15, 0.2) is 0 Å². The van der Waals surface area contributed by atoms with E-state index in [9.17, 15) is 13.2 Å². The fourth-order valence-electron chi connectivity index (χ4n) is 2.11. The number of H-pyrrole nitrogens is 1. The molecule has 23 heavy (non-hydrogen) atoms. The van der Waals surface area contributed by atoms with Crippen LogP contribution in [-0.2, 0) is 14.8 Å². The van der Waals surface area contributed by atoms with E-state index in [2.05, 4.69) is 20.2 Å². The van der Waals surface area contributed by atoms with E-state index in [-0.39, 0.29) is 4.90 Å². The third kappa shape index (κ3) is 3.88. The van der Waals surface area contributed by atoms with Crippen molar-refractivity contribution in [1.29, 1.82) is 0 Å². The molecule has 2 rings (SSSR count). The van der Waals surface area contributed by atoms with Crippen LogP contribution in [0.3, 0.4) is 0 Å². The van der Waals surface area contributed by atoms with Crippen LogP contribution in [0.1, 0.15) is 11.4 Å². The number of hydrogen-bond acceptors (Lipinski definition) is 5. The molecule has 0 saturated heterocycles. The van der Waals surface area contributed by atoms with Crippen molar-refractivity contribution in [2.45, 2.75) is 18.7 Å². The van der Waals surface area contributed by atoms with Crippen LogP contribution in [0.5, 0.6) is 5.75 Å². The lowest BCUT2D eigenvalue weighted by atomic mass is 10.3. The third-order valence-electron chi connectivity index (χ3n) is 3.13. The Balaban J connectivity index is 2.04. The number of carbonyl (C=O) groups is 1. The maximum absolute atomic E-state index is 12.2.